The number of methoxy groups -OCH3 is 1. The highest BCUT2D eigenvalue weighted by Gasteiger charge is 2.19. The van der Waals surface area contributed by atoms with Gasteiger partial charge in [-0.05, 0) is 32.2 Å². The quantitative estimate of drug-likeness (QED) is 0.805. The summed E-state index contributed by atoms with van der Waals surface area (Å²) in [5.74, 6) is -0.596. The van der Waals surface area contributed by atoms with Crippen molar-refractivity contribution in [1.29, 1.82) is 0 Å². The van der Waals surface area contributed by atoms with Crippen molar-refractivity contribution in [2.75, 3.05) is 26.0 Å². The molecule has 0 radical (unpaired) electrons. The number of halogens is 1. The molecule has 0 fully saturated rings. The van der Waals surface area contributed by atoms with Gasteiger partial charge in [0.05, 0.1) is 24.6 Å². The van der Waals surface area contributed by atoms with Gasteiger partial charge in [0, 0.05) is 12.2 Å². The van der Waals surface area contributed by atoms with Crippen molar-refractivity contribution in [3.05, 3.63) is 23.2 Å². The molecule has 0 aliphatic heterocycles. The van der Waals surface area contributed by atoms with Crippen LogP contribution in [0.25, 0.3) is 0 Å². The third kappa shape index (κ3) is 5.24. The number of likely N-dealkylation sites (N-methyl/N-ethyl adjacent to an activating group) is 1. The Kier molecular flexibility index (Phi) is 6.45. The van der Waals surface area contributed by atoms with E-state index >= 15 is 0 Å². The molecule has 1 unspecified atom stereocenters. The van der Waals surface area contributed by atoms with Crippen LogP contribution in [0.2, 0.25) is 5.02 Å². The van der Waals surface area contributed by atoms with Gasteiger partial charge in [-0.1, -0.05) is 11.6 Å². The highest BCUT2D eigenvalue weighted by Crippen LogP contribution is 2.27. The van der Waals surface area contributed by atoms with E-state index in [9.17, 15) is 9.59 Å². The van der Waals surface area contributed by atoms with Gasteiger partial charge in [0.2, 0.25) is 5.91 Å². The molecule has 2 N–H and O–H groups in total. The number of anilines is 1. The normalized spacial score (nSPS) is 12.0. The number of carbonyl (C=O) groups excluding carboxylic acids is 1. The smallest absolute Gasteiger partial charge is 0.304 e. The molecule has 7 heteroatoms. The highest BCUT2D eigenvalue weighted by atomic mass is 35.5. The van der Waals surface area contributed by atoms with E-state index in [1.165, 1.54) is 7.11 Å². The molecule has 0 bridgehead atoms. The summed E-state index contributed by atoms with van der Waals surface area (Å²) in [5, 5.41) is 11.8. The second-order valence-electron chi connectivity index (χ2n) is 4.64. The zero-order valence-corrected chi connectivity index (χ0v) is 13.0. The van der Waals surface area contributed by atoms with Gasteiger partial charge in [0.25, 0.3) is 0 Å². The lowest BCUT2D eigenvalue weighted by molar-refractivity contribution is -0.137. The maximum atomic E-state index is 12.1. The summed E-state index contributed by atoms with van der Waals surface area (Å²) in [5.41, 5.74) is 0.560. The standard InChI is InChI=1S/C14H19ClN2O4/c1-9(17(2)7-6-13(18)19)14(20)16-10-4-5-12(21-3)11(15)8-10/h4-5,8-9H,6-7H2,1-3H3,(H,16,20)(H,18,19). The molecule has 0 spiro atoms. The fourth-order valence-corrected chi connectivity index (χ4v) is 1.91. The number of carboxylic acids is 1. The Morgan fingerprint density at radius 2 is 2.14 bits per heavy atom. The lowest BCUT2D eigenvalue weighted by Crippen LogP contribution is -2.40. The Morgan fingerprint density at radius 1 is 1.48 bits per heavy atom. The van der Waals surface area contributed by atoms with Crippen molar-refractivity contribution in [2.45, 2.75) is 19.4 Å². The van der Waals surface area contributed by atoms with Crippen LogP contribution in [-0.4, -0.2) is 48.6 Å². The minimum Gasteiger partial charge on any atom is -0.495 e. The monoisotopic (exact) mass is 314 g/mol. The summed E-state index contributed by atoms with van der Waals surface area (Å²) >= 11 is 5.99. The summed E-state index contributed by atoms with van der Waals surface area (Å²) in [6.45, 7) is 2.01. The predicted molar refractivity (Wildman–Crippen MR) is 81.0 cm³/mol. The molecule has 1 rings (SSSR count). The number of rotatable bonds is 7. The van der Waals surface area contributed by atoms with Gasteiger partial charge in [-0.2, -0.15) is 0 Å². The van der Waals surface area contributed by atoms with Crippen LogP contribution in [0.1, 0.15) is 13.3 Å². The van der Waals surface area contributed by atoms with E-state index < -0.39 is 12.0 Å². The lowest BCUT2D eigenvalue weighted by atomic mass is 10.2. The van der Waals surface area contributed by atoms with Gasteiger partial charge >= 0.3 is 5.97 Å². The number of hydrogen-bond donors (Lipinski definition) is 2. The second kappa shape index (κ2) is 7.85. The maximum absolute atomic E-state index is 12.1. The van der Waals surface area contributed by atoms with Crippen LogP contribution in [0.4, 0.5) is 5.69 Å². The van der Waals surface area contributed by atoms with Gasteiger partial charge < -0.3 is 15.2 Å². The van der Waals surface area contributed by atoms with Gasteiger partial charge in [0.15, 0.2) is 0 Å². The summed E-state index contributed by atoms with van der Waals surface area (Å²) in [7, 11) is 3.22. The van der Waals surface area contributed by atoms with Crippen LogP contribution in [-0.2, 0) is 9.59 Å². The number of ether oxygens (including phenoxy) is 1. The molecule has 116 valence electrons. The molecule has 21 heavy (non-hydrogen) atoms. The van der Waals surface area contributed by atoms with Crippen LogP contribution < -0.4 is 10.1 Å². The summed E-state index contributed by atoms with van der Waals surface area (Å²) in [4.78, 5) is 24.3. The van der Waals surface area contributed by atoms with Crippen molar-refractivity contribution in [3.63, 3.8) is 0 Å². The first kappa shape index (κ1) is 17.3. The van der Waals surface area contributed by atoms with Crippen LogP contribution in [0, 0.1) is 0 Å². The molecule has 1 amide bonds. The van der Waals surface area contributed by atoms with Crippen molar-refractivity contribution in [3.8, 4) is 5.75 Å². The fourth-order valence-electron chi connectivity index (χ4n) is 1.66. The molecule has 0 aromatic heterocycles. The Hall–Kier alpha value is -1.79. The van der Waals surface area contributed by atoms with E-state index in [2.05, 4.69) is 5.32 Å². The van der Waals surface area contributed by atoms with E-state index in [1.807, 2.05) is 0 Å². The molecule has 0 aliphatic carbocycles. The molecule has 1 aromatic rings. The Labute approximate surface area is 128 Å². The summed E-state index contributed by atoms with van der Waals surface area (Å²) < 4.78 is 5.04. The van der Waals surface area contributed by atoms with E-state index in [-0.39, 0.29) is 12.3 Å². The molecular weight excluding hydrogens is 296 g/mol. The van der Waals surface area contributed by atoms with Crippen LogP contribution in [0.15, 0.2) is 18.2 Å². The average molecular weight is 315 g/mol. The Bertz CT molecular complexity index is 522. The lowest BCUT2D eigenvalue weighted by Gasteiger charge is -2.23. The number of carboxylic acid groups (broad SMARTS) is 1. The van der Waals surface area contributed by atoms with Gasteiger partial charge in [-0.15, -0.1) is 0 Å². The first-order valence-corrected chi connectivity index (χ1v) is 6.79. The third-order valence-corrected chi connectivity index (χ3v) is 3.43. The number of aliphatic carboxylic acids is 1. The zero-order valence-electron chi connectivity index (χ0n) is 12.2. The molecule has 0 saturated heterocycles. The van der Waals surface area contributed by atoms with Crippen LogP contribution in [0.5, 0.6) is 5.75 Å². The molecule has 6 nitrogen and oxygen atoms in total. The van der Waals surface area contributed by atoms with E-state index in [0.29, 0.717) is 23.0 Å². The first-order valence-electron chi connectivity index (χ1n) is 6.41. The van der Waals surface area contributed by atoms with E-state index in [1.54, 1.807) is 37.1 Å². The first-order chi connectivity index (χ1) is 9.85. The number of benzene rings is 1. The number of nitrogens with one attached hydrogen (secondary N) is 1. The van der Waals surface area contributed by atoms with Crippen molar-refractivity contribution in [1.82, 2.24) is 4.90 Å². The molecule has 0 aliphatic rings. The maximum Gasteiger partial charge on any atom is 0.304 e. The Morgan fingerprint density at radius 3 is 2.67 bits per heavy atom. The highest BCUT2D eigenvalue weighted by molar-refractivity contribution is 6.32. The summed E-state index contributed by atoms with van der Waals surface area (Å²) in [6, 6.07) is 4.50. The fraction of sp³-hybridized carbons (Fsp3) is 0.429. The van der Waals surface area contributed by atoms with Gasteiger partial charge in [-0.25, -0.2) is 0 Å². The van der Waals surface area contributed by atoms with Crippen LogP contribution >= 0.6 is 11.6 Å². The molecule has 0 heterocycles. The minimum absolute atomic E-state index is 0.0114. The van der Waals surface area contributed by atoms with Crippen molar-refractivity contribution >= 4 is 29.2 Å². The number of nitrogens with zero attached hydrogens (tertiary/aromatic N) is 1. The van der Waals surface area contributed by atoms with Gasteiger partial charge in [-0.3, -0.25) is 14.5 Å². The number of hydrogen-bond acceptors (Lipinski definition) is 4. The number of carbonyl (C=O) groups is 2. The van der Waals surface area contributed by atoms with E-state index in [0.717, 1.165) is 0 Å². The number of amides is 1. The molecule has 0 saturated carbocycles. The minimum atomic E-state index is -0.892. The molecule has 1 atom stereocenters. The van der Waals surface area contributed by atoms with Crippen molar-refractivity contribution < 1.29 is 19.4 Å². The third-order valence-electron chi connectivity index (χ3n) is 3.14. The second-order valence-corrected chi connectivity index (χ2v) is 5.05. The Balaban J connectivity index is 2.63. The predicted octanol–water partition coefficient (Wildman–Crippen LogP) is 2.08. The zero-order chi connectivity index (χ0) is 16.0. The van der Waals surface area contributed by atoms with E-state index in [4.69, 9.17) is 21.4 Å². The van der Waals surface area contributed by atoms with Crippen molar-refractivity contribution in [2.24, 2.45) is 0 Å². The van der Waals surface area contributed by atoms with Crippen LogP contribution in [0.3, 0.4) is 0 Å². The molecular formula is C14H19ClN2O4. The average Bonchev–Trinajstić information content (AvgIpc) is 2.44. The summed E-state index contributed by atoms with van der Waals surface area (Å²) in [6.07, 6.45) is -0.0114. The largest absolute Gasteiger partial charge is 0.495 e. The van der Waals surface area contributed by atoms with Gasteiger partial charge in [0.1, 0.15) is 5.75 Å². The molecule has 1 aromatic carbocycles. The SMILES string of the molecule is COc1ccc(NC(=O)C(C)N(C)CCC(=O)O)cc1Cl. The topological polar surface area (TPSA) is 78.9 Å².